The number of carbonyl (C=O) groups excluding carboxylic acids is 1. The normalized spacial score (nSPS) is 10.7. The Labute approximate surface area is 243 Å². The summed E-state index contributed by atoms with van der Waals surface area (Å²) in [5.74, 6) is -6.95. The number of hydrogen-bond donors (Lipinski definition) is 6. The summed E-state index contributed by atoms with van der Waals surface area (Å²) >= 11 is 1.91. The monoisotopic (exact) mass is 737 g/mol. The summed E-state index contributed by atoms with van der Waals surface area (Å²) in [6, 6.07) is 4.34. The first-order valence-electron chi connectivity index (χ1n) is 10.6. The minimum Gasteiger partial charge on any atom is -0.480 e. The molecule has 15 nitrogen and oxygen atoms in total. The Balaban J connectivity index is 0.0000137. The van der Waals surface area contributed by atoms with Crippen LogP contribution in [-0.2, 0) is 44.1 Å². The standard InChI is InChI=1S/C21H27IN4O11.Tc/c22-13-1-2-15(14(7-13)21(36)37)23-16(27)8-25(10-18(30)31)5-3-24(9-17(28)29)4-6-26(11-19(32)33)12-20(34)35;/h1-2,7H,3-6,8-12H2,(H,23,27)(H,28,29)(H,30,31)(H,32,33)(H,34,35)(H,36,37);/i;1+1. The van der Waals surface area contributed by atoms with E-state index in [-0.39, 0.29) is 57.5 Å². The fourth-order valence-electron chi connectivity index (χ4n) is 3.22. The van der Waals surface area contributed by atoms with Crippen molar-refractivity contribution in [2.75, 3.05) is 64.2 Å². The molecule has 0 heterocycles. The van der Waals surface area contributed by atoms with E-state index in [9.17, 15) is 44.1 Å². The van der Waals surface area contributed by atoms with Crippen molar-refractivity contribution in [3.8, 4) is 0 Å². The number of anilines is 1. The van der Waals surface area contributed by atoms with Gasteiger partial charge in [0, 0.05) is 49.9 Å². The van der Waals surface area contributed by atoms with Gasteiger partial charge in [0.25, 0.3) is 0 Å². The molecule has 211 valence electrons. The first-order valence-corrected chi connectivity index (χ1v) is 11.7. The second-order valence-electron chi connectivity index (χ2n) is 7.82. The zero-order chi connectivity index (χ0) is 28.1. The number of amides is 1. The second kappa shape index (κ2) is 17.7. The van der Waals surface area contributed by atoms with Gasteiger partial charge in [0.2, 0.25) is 5.91 Å². The minimum absolute atomic E-state index is 0. The van der Waals surface area contributed by atoms with Crippen LogP contribution in [0.25, 0.3) is 0 Å². The maximum absolute atomic E-state index is 12.5. The van der Waals surface area contributed by atoms with Gasteiger partial charge in [0.05, 0.1) is 44.0 Å². The van der Waals surface area contributed by atoms with Gasteiger partial charge in [-0.25, -0.2) is 4.79 Å². The molecular weight excluding hydrogens is 710 g/mol. The fraction of sp³-hybridized carbons (Fsp3) is 0.429. The molecule has 0 spiro atoms. The molecular formula is C21H27IN4O11Tc. The third kappa shape index (κ3) is 14.9. The van der Waals surface area contributed by atoms with Crippen molar-refractivity contribution in [3.05, 3.63) is 27.3 Å². The van der Waals surface area contributed by atoms with Crippen molar-refractivity contribution in [2.45, 2.75) is 0 Å². The Kier molecular flexibility index (Phi) is 16.5. The van der Waals surface area contributed by atoms with Crippen molar-refractivity contribution in [3.63, 3.8) is 0 Å². The zero-order valence-corrected chi connectivity index (χ0v) is 23.9. The third-order valence-corrected chi connectivity index (χ3v) is 5.42. The van der Waals surface area contributed by atoms with Crippen LogP contribution < -0.4 is 5.32 Å². The van der Waals surface area contributed by atoms with Gasteiger partial charge >= 0.3 is 29.8 Å². The number of carboxylic acid groups (broad SMARTS) is 5. The van der Waals surface area contributed by atoms with Crippen LogP contribution in [0.2, 0.25) is 0 Å². The maximum atomic E-state index is 12.5. The molecule has 0 saturated heterocycles. The molecule has 0 aliphatic carbocycles. The molecule has 0 unspecified atom stereocenters. The molecule has 0 fully saturated rings. The number of aliphatic carboxylic acids is 4. The number of rotatable bonds is 18. The molecule has 0 aliphatic heterocycles. The molecule has 1 rings (SSSR count). The van der Waals surface area contributed by atoms with Crippen molar-refractivity contribution < 1.29 is 74.4 Å². The van der Waals surface area contributed by atoms with Crippen LogP contribution in [0, 0.1) is 3.57 Å². The topological polar surface area (TPSA) is 225 Å². The molecule has 1 aromatic carbocycles. The summed E-state index contributed by atoms with van der Waals surface area (Å²) in [5.41, 5.74) is -0.123. The number of carboxylic acids is 5. The molecule has 1 amide bonds. The molecule has 6 N–H and O–H groups in total. The van der Waals surface area contributed by atoms with Crippen molar-refractivity contribution >= 4 is 64.0 Å². The number of nitrogens with one attached hydrogen (secondary N) is 1. The van der Waals surface area contributed by atoms with E-state index in [2.05, 4.69) is 5.32 Å². The van der Waals surface area contributed by atoms with E-state index in [0.717, 1.165) is 4.90 Å². The van der Waals surface area contributed by atoms with Gasteiger partial charge in [-0.3, -0.25) is 38.7 Å². The number of benzene rings is 1. The van der Waals surface area contributed by atoms with E-state index < -0.39 is 68.5 Å². The summed E-state index contributed by atoms with van der Waals surface area (Å²) < 4.78 is 0.629. The van der Waals surface area contributed by atoms with Crippen molar-refractivity contribution in [1.29, 1.82) is 0 Å². The Bertz CT molecular complexity index is 1010. The SMILES string of the molecule is O=C(O)CN(CCN(CC(=O)O)CC(=O)O)CCN(CC(=O)O)CC(=O)Nc1ccc(I)cc1C(=O)O.[99Tc]. The number of halogens is 1. The maximum Gasteiger partial charge on any atom is 0.337 e. The van der Waals surface area contributed by atoms with Crippen molar-refractivity contribution in [1.82, 2.24) is 14.7 Å². The van der Waals surface area contributed by atoms with Crippen LogP contribution in [-0.4, -0.2) is 135 Å². The Morgan fingerprint density at radius 2 is 1.05 bits per heavy atom. The predicted octanol–water partition coefficient (Wildman–Crippen LogP) is -0.830. The van der Waals surface area contributed by atoms with E-state index in [1.54, 1.807) is 6.07 Å². The first-order chi connectivity index (χ1) is 17.3. The van der Waals surface area contributed by atoms with Gasteiger partial charge in [-0.15, -0.1) is 0 Å². The van der Waals surface area contributed by atoms with E-state index in [0.29, 0.717) is 3.57 Å². The summed E-state index contributed by atoms with van der Waals surface area (Å²) in [7, 11) is 0. The summed E-state index contributed by atoms with van der Waals surface area (Å²) in [6.07, 6.45) is 0. The molecule has 0 saturated carbocycles. The first kappa shape index (κ1) is 35.3. The second-order valence-corrected chi connectivity index (χ2v) is 9.06. The average Bonchev–Trinajstić information content (AvgIpc) is 2.74. The van der Waals surface area contributed by atoms with Gasteiger partial charge in [-0.2, -0.15) is 0 Å². The smallest absolute Gasteiger partial charge is 0.337 e. The van der Waals surface area contributed by atoms with E-state index in [4.69, 9.17) is 10.2 Å². The Hall–Kier alpha value is -2.70. The number of carbonyl (C=O) groups is 6. The average molecular weight is 737 g/mol. The minimum atomic E-state index is -1.26. The molecule has 0 aromatic heterocycles. The van der Waals surface area contributed by atoms with Gasteiger partial charge in [0.15, 0.2) is 0 Å². The third-order valence-electron chi connectivity index (χ3n) is 4.75. The van der Waals surface area contributed by atoms with Gasteiger partial charge in [-0.05, 0) is 40.8 Å². The summed E-state index contributed by atoms with van der Waals surface area (Å²) in [5, 5.41) is 48.1. The fourth-order valence-corrected chi connectivity index (χ4v) is 3.72. The molecule has 0 aliphatic rings. The summed E-state index contributed by atoms with van der Waals surface area (Å²) in [4.78, 5) is 72.1. The van der Waals surface area contributed by atoms with Crippen LogP contribution in [0.4, 0.5) is 5.69 Å². The van der Waals surface area contributed by atoms with Crippen LogP contribution in [0.15, 0.2) is 18.2 Å². The molecule has 1 aromatic rings. The molecule has 0 atom stereocenters. The summed E-state index contributed by atoms with van der Waals surface area (Å²) in [6.45, 7) is -2.90. The van der Waals surface area contributed by atoms with Crippen LogP contribution in [0.1, 0.15) is 10.4 Å². The van der Waals surface area contributed by atoms with Crippen LogP contribution in [0.3, 0.4) is 0 Å². The predicted molar refractivity (Wildman–Crippen MR) is 135 cm³/mol. The Morgan fingerprint density at radius 1 is 0.658 bits per heavy atom. The number of nitrogens with zero attached hydrogens (tertiary/aromatic N) is 3. The van der Waals surface area contributed by atoms with Gasteiger partial charge < -0.3 is 30.8 Å². The largest absolute Gasteiger partial charge is 0.480 e. The van der Waals surface area contributed by atoms with Crippen molar-refractivity contribution in [2.24, 2.45) is 0 Å². The van der Waals surface area contributed by atoms with E-state index >= 15 is 0 Å². The van der Waals surface area contributed by atoms with Gasteiger partial charge in [0.1, 0.15) is 0 Å². The van der Waals surface area contributed by atoms with Gasteiger partial charge in [-0.1, -0.05) is 0 Å². The zero-order valence-electron chi connectivity index (χ0n) is 19.9. The molecule has 38 heavy (non-hydrogen) atoms. The number of hydrogen-bond acceptors (Lipinski definition) is 9. The van der Waals surface area contributed by atoms with E-state index in [1.807, 2.05) is 22.6 Å². The van der Waals surface area contributed by atoms with Crippen LogP contribution >= 0.6 is 22.6 Å². The van der Waals surface area contributed by atoms with Crippen LogP contribution in [0.5, 0.6) is 0 Å². The van der Waals surface area contributed by atoms with E-state index in [1.165, 1.54) is 21.9 Å². The quantitative estimate of drug-likeness (QED) is 0.101. The molecule has 0 bridgehead atoms. The molecule has 17 heteroatoms. The molecule has 1 radical (unpaired) electrons. The number of aromatic carboxylic acids is 1. The Morgan fingerprint density at radius 3 is 1.47 bits per heavy atom.